The van der Waals surface area contributed by atoms with Gasteiger partial charge in [-0.25, -0.2) is 4.98 Å². The number of nitrogens with one attached hydrogen (secondary N) is 1. The summed E-state index contributed by atoms with van der Waals surface area (Å²) in [6.45, 7) is 0.344. The van der Waals surface area contributed by atoms with Crippen LogP contribution in [-0.4, -0.2) is 17.4 Å². The fourth-order valence-corrected chi connectivity index (χ4v) is 3.80. The van der Waals surface area contributed by atoms with Gasteiger partial charge in [0.2, 0.25) is 0 Å². The summed E-state index contributed by atoms with van der Waals surface area (Å²) >= 11 is 2.87. The highest BCUT2D eigenvalue weighted by molar-refractivity contribution is 7.21. The lowest BCUT2D eigenvalue weighted by Crippen LogP contribution is -2.24. The van der Waals surface area contributed by atoms with Gasteiger partial charge in [0, 0.05) is 6.54 Å². The Balaban J connectivity index is 1.53. The number of rotatable bonds is 5. The maximum atomic E-state index is 12.5. The van der Waals surface area contributed by atoms with Crippen LogP contribution in [0, 0.1) is 0 Å². The summed E-state index contributed by atoms with van der Waals surface area (Å²) in [5.41, 5.74) is 0.0583. The number of amides is 1. The predicted octanol–water partition coefficient (Wildman–Crippen LogP) is 4.86. The van der Waals surface area contributed by atoms with Gasteiger partial charge >= 0.3 is 6.18 Å². The first-order valence-corrected chi connectivity index (χ1v) is 9.07. The molecule has 3 nitrogen and oxygen atoms in total. The molecule has 0 aliphatic carbocycles. The SMILES string of the molecule is O=C(NCCc1ccc(C(F)(F)F)cc1)c1cnc(-c2cccs2)s1. The molecule has 0 aliphatic rings. The molecule has 0 saturated heterocycles. The molecule has 2 aromatic heterocycles. The molecule has 0 bridgehead atoms. The molecule has 0 unspecified atom stereocenters. The Morgan fingerprint density at radius 1 is 1.16 bits per heavy atom. The van der Waals surface area contributed by atoms with Crippen molar-refractivity contribution in [1.29, 1.82) is 0 Å². The molecule has 0 radical (unpaired) electrons. The maximum Gasteiger partial charge on any atom is 0.416 e. The third-order valence-corrected chi connectivity index (χ3v) is 5.48. The quantitative estimate of drug-likeness (QED) is 0.685. The zero-order valence-corrected chi connectivity index (χ0v) is 14.5. The van der Waals surface area contributed by atoms with Crippen molar-refractivity contribution in [2.45, 2.75) is 12.6 Å². The van der Waals surface area contributed by atoms with E-state index in [2.05, 4.69) is 10.3 Å². The molecule has 8 heteroatoms. The number of carbonyl (C=O) groups is 1. The van der Waals surface area contributed by atoms with Crippen molar-refractivity contribution in [3.63, 3.8) is 0 Å². The first-order chi connectivity index (χ1) is 11.9. The van der Waals surface area contributed by atoms with Gasteiger partial charge in [0.25, 0.3) is 5.91 Å². The number of nitrogens with zero attached hydrogens (tertiary/aromatic N) is 1. The summed E-state index contributed by atoms with van der Waals surface area (Å²) in [7, 11) is 0. The van der Waals surface area contributed by atoms with Crippen LogP contribution in [0.15, 0.2) is 48.0 Å². The van der Waals surface area contributed by atoms with Gasteiger partial charge in [-0.3, -0.25) is 4.79 Å². The standard InChI is InChI=1S/C17H13F3N2OS2/c18-17(19,20)12-5-3-11(4-6-12)7-8-21-15(23)14-10-22-16(25-14)13-2-1-9-24-13/h1-6,9-10H,7-8H2,(H,21,23). The van der Waals surface area contributed by atoms with Gasteiger partial charge in [0.1, 0.15) is 9.88 Å². The van der Waals surface area contributed by atoms with Gasteiger partial charge in [-0.1, -0.05) is 18.2 Å². The molecule has 1 amide bonds. The van der Waals surface area contributed by atoms with E-state index < -0.39 is 11.7 Å². The maximum absolute atomic E-state index is 12.5. The molecule has 1 aromatic carbocycles. The number of thiazole rings is 1. The Kier molecular flexibility index (Phi) is 5.19. The van der Waals surface area contributed by atoms with Crippen molar-refractivity contribution in [1.82, 2.24) is 10.3 Å². The molecule has 0 fully saturated rings. The van der Waals surface area contributed by atoms with Crippen LogP contribution in [0.1, 0.15) is 20.8 Å². The second-order valence-corrected chi connectivity index (χ2v) is 7.19. The molecule has 3 aromatic rings. The molecule has 0 atom stereocenters. The van der Waals surface area contributed by atoms with Crippen LogP contribution in [-0.2, 0) is 12.6 Å². The molecule has 0 spiro atoms. The monoisotopic (exact) mass is 382 g/mol. The van der Waals surface area contributed by atoms with Gasteiger partial charge in [-0.15, -0.1) is 22.7 Å². The van der Waals surface area contributed by atoms with Crippen molar-refractivity contribution in [3.05, 3.63) is 64.0 Å². The Morgan fingerprint density at radius 2 is 1.92 bits per heavy atom. The molecular formula is C17H13F3N2OS2. The largest absolute Gasteiger partial charge is 0.416 e. The van der Waals surface area contributed by atoms with Crippen molar-refractivity contribution < 1.29 is 18.0 Å². The number of thiophene rings is 1. The summed E-state index contributed by atoms with van der Waals surface area (Å²) in [5.74, 6) is -0.229. The van der Waals surface area contributed by atoms with E-state index in [4.69, 9.17) is 0 Å². The number of aromatic nitrogens is 1. The Hall–Kier alpha value is -2.19. The third kappa shape index (κ3) is 4.46. The summed E-state index contributed by atoms with van der Waals surface area (Å²) in [5, 5.41) is 5.50. The lowest BCUT2D eigenvalue weighted by atomic mass is 10.1. The summed E-state index contributed by atoms with van der Waals surface area (Å²) in [6, 6.07) is 8.81. The minimum absolute atomic E-state index is 0.229. The third-order valence-electron chi connectivity index (χ3n) is 3.44. The normalized spacial score (nSPS) is 11.5. The van der Waals surface area contributed by atoms with Crippen molar-refractivity contribution in [2.75, 3.05) is 6.54 Å². The zero-order chi connectivity index (χ0) is 17.9. The molecule has 25 heavy (non-hydrogen) atoms. The van der Waals surface area contributed by atoms with E-state index in [1.54, 1.807) is 11.3 Å². The van der Waals surface area contributed by atoms with E-state index in [-0.39, 0.29) is 5.91 Å². The van der Waals surface area contributed by atoms with Gasteiger partial charge < -0.3 is 5.32 Å². The topological polar surface area (TPSA) is 42.0 Å². The second kappa shape index (κ2) is 7.37. The number of alkyl halides is 3. The first kappa shape index (κ1) is 17.6. The van der Waals surface area contributed by atoms with E-state index in [1.165, 1.54) is 29.7 Å². The molecule has 2 heterocycles. The molecule has 0 aliphatic heterocycles. The van der Waals surface area contributed by atoms with E-state index in [1.807, 2.05) is 17.5 Å². The summed E-state index contributed by atoms with van der Waals surface area (Å²) in [6.07, 6.45) is -2.34. The average Bonchev–Trinajstić information content (AvgIpc) is 3.25. The van der Waals surface area contributed by atoms with E-state index in [0.29, 0.717) is 17.8 Å². The molecule has 1 N–H and O–H groups in total. The van der Waals surface area contributed by atoms with Crippen molar-refractivity contribution in [2.24, 2.45) is 0 Å². The van der Waals surface area contributed by atoms with Crippen molar-refractivity contribution >= 4 is 28.6 Å². The van der Waals surface area contributed by atoms with Crippen LogP contribution < -0.4 is 5.32 Å². The molecule has 130 valence electrons. The first-order valence-electron chi connectivity index (χ1n) is 7.37. The highest BCUT2D eigenvalue weighted by Gasteiger charge is 2.29. The number of halogens is 3. The van der Waals surface area contributed by atoms with Gasteiger partial charge in [0.05, 0.1) is 16.6 Å². The second-order valence-electron chi connectivity index (χ2n) is 5.21. The molecular weight excluding hydrogens is 369 g/mol. The van der Waals surface area contributed by atoms with Crippen LogP contribution in [0.3, 0.4) is 0 Å². The van der Waals surface area contributed by atoms with Crippen LogP contribution in [0.2, 0.25) is 0 Å². The van der Waals surface area contributed by atoms with Gasteiger partial charge in [-0.2, -0.15) is 13.2 Å². The lowest BCUT2D eigenvalue weighted by Gasteiger charge is -2.08. The van der Waals surface area contributed by atoms with Gasteiger partial charge in [0.15, 0.2) is 0 Å². The van der Waals surface area contributed by atoms with Crippen LogP contribution in [0.25, 0.3) is 9.88 Å². The molecule has 3 rings (SSSR count). The number of carbonyl (C=O) groups excluding carboxylic acids is 1. The minimum atomic E-state index is -4.33. The fourth-order valence-electron chi connectivity index (χ4n) is 2.16. The van der Waals surface area contributed by atoms with Crippen LogP contribution in [0.4, 0.5) is 13.2 Å². The smallest absolute Gasteiger partial charge is 0.351 e. The lowest BCUT2D eigenvalue weighted by molar-refractivity contribution is -0.137. The van der Waals surface area contributed by atoms with E-state index in [9.17, 15) is 18.0 Å². The van der Waals surface area contributed by atoms with Gasteiger partial charge in [-0.05, 0) is 35.6 Å². The predicted molar refractivity (Wildman–Crippen MR) is 92.9 cm³/mol. The van der Waals surface area contributed by atoms with Crippen molar-refractivity contribution in [3.8, 4) is 9.88 Å². The van der Waals surface area contributed by atoms with E-state index in [0.717, 1.165) is 27.6 Å². The highest BCUT2D eigenvalue weighted by Crippen LogP contribution is 2.29. The number of hydrogen-bond donors (Lipinski definition) is 1. The average molecular weight is 382 g/mol. The Bertz CT molecular complexity index is 840. The minimum Gasteiger partial charge on any atom is -0.351 e. The fraction of sp³-hybridized carbons (Fsp3) is 0.176. The number of hydrogen-bond acceptors (Lipinski definition) is 4. The van der Waals surface area contributed by atoms with E-state index >= 15 is 0 Å². The molecule has 0 saturated carbocycles. The Morgan fingerprint density at radius 3 is 2.56 bits per heavy atom. The number of benzene rings is 1. The Labute approximate surface area is 150 Å². The summed E-state index contributed by atoms with van der Waals surface area (Å²) in [4.78, 5) is 17.9. The zero-order valence-electron chi connectivity index (χ0n) is 12.8. The van der Waals surface area contributed by atoms with Crippen LogP contribution in [0.5, 0.6) is 0 Å². The van der Waals surface area contributed by atoms with Crippen LogP contribution >= 0.6 is 22.7 Å². The highest BCUT2D eigenvalue weighted by atomic mass is 32.1. The summed E-state index contributed by atoms with van der Waals surface area (Å²) < 4.78 is 37.5.